The summed E-state index contributed by atoms with van der Waals surface area (Å²) in [6.45, 7) is -0.185. The molecular weight excluding hydrogens is 365 g/mol. The molecule has 1 aliphatic rings. The lowest BCUT2D eigenvalue weighted by Crippen LogP contribution is -2.29. The number of carbonyl (C=O) groups is 2. The maximum atomic E-state index is 12.9. The molecule has 1 aliphatic heterocycles. The van der Waals surface area contributed by atoms with Crippen LogP contribution in [0.5, 0.6) is 5.75 Å². The van der Waals surface area contributed by atoms with E-state index in [4.69, 9.17) is 4.74 Å². The van der Waals surface area contributed by atoms with E-state index in [2.05, 4.69) is 20.7 Å². The van der Waals surface area contributed by atoms with Crippen LogP contribution in [-0.2, 0) is 9.59 Å². The largest absolute Gasteiger partial charge is 0.484 e. The average Bonchev–Trinajstić information content (AvgIpc) is 3.16. The minimum absolute atomic E-state index is 0.122. The molecule has 0 spiro atoms. The zero-order valence-corrected chi connectivity index (χ0v) is 14.6. The second kappa shape index (κ2) is 7.47. The molecular formula is C19H16FN5O3. The summed E-state index contributed by atoms with van der Waals surface area (Å²) in [5, 5.41) is 9.45. The summed E-state index contributed by atoms with van der Waals surface area (Å²) in [6.07, 6.45) is 1.65. The van der Waals surface area contributed by atoms with Crippen molar-refractivity contribution in [3.05, 3.63) is 66.2 Å². The molecule has 142 valence electrons. The van der Waals surface area contributed by atoms with Gasteiger partial charge >= 0.3 is 0 Å². The van der Waals surface area contributed by atoms with Gasteiger partial charge in [0.25, 0.3) is 5.91 Å². The van der Waals surface area contributed by atoms with Gasteiger partial charge in [-0.15, -0.1) is 0 Å². The highest BCUT2D eigenvalue weighted by Crippen LogP contribution is 2.29. The lowest BCUT2D eigenvalue weighted by Gasteiger charge is -2.23. The van der Waals surface area contributed by atoms with E-state index in [0.717, 1.165) is 5.56 Å². The number of aromatic nitrogens is 3. The molecule has 2 aromatic carbocycles. The van der Waals surface area contributed by atoms with Gasteiger partial charge in [-0.3, -0.25) is 14.9 Å². The number of benzene rings is 2. The van der Waals surface area contributed by atoms with Crippen molar-refractivity contribution in [3.63, 3.8) is 0 Å². The van der Waals surface area contributed by atoms with E-state index in [-0.39, 0.29) is 36.7 Å². The van der Waals surface area contributed by atoms with Crippen LogP contribution in [0.4, 0.5) is 16.0 Å². The fourth-order valence-electron chi connectivity index (χ4n) is 2.93. The van der Waals surface area contributed by atoms with Gasteiger partial charge < -0.3 is 10.1 Å². The molecule has 0 aliphatic carbocycles. The number of nitrogens with zero attached hydrogens (tertiary/aromatic N) is 3. The van der Waals surface area contributed by atoms with Gasteiger partial charge in [-0.2, -0.15) is 10.1 Å². The summed E-state index contributed by atoms with van der Waals surface area (Å²) < 4.78 is 20.0. The average molecular weight is 381 g/mol. The number of amides is 2. The molecule has 0 saturated carbocycles. The highest BCUT2D eigenvalue weighted by Gasteiger charge is 2.27. The first-order chi connectivity index (χ1) is 13.6. The van der Waals surface area contributed by atoms with E-state index in [1.165, 1.54) is 30.6 Å². The topological polar surface area (TPSA) is 98.1 Å². The van der Waals surface area contributed by atoms with Crippen LogP contribution in [0, 0.1) is 5.82 Å². The first-order valence-electron chi connectivity index (χ1n) is 8.56. The lowest BCUT2D eigenvalue weighted by molar-refractivity contribution is -0.118. The zero-order valence-electron chi connectivity index (χ0n) is 14.6. The molecule has 4 rings (SSSR count). The molecule has 2 heterocycles. The molecule has 0 saturated heterocycles. The van der Waals surface area contributed by atoms with Crippen molar-refractivity contribution in [1.29, 1.82) is 0 Å². The number of carbonyl (C=O) groups excluding carboxylic acids is 2. The Kier molecular flexibility index (Phi) is 4.71. The van der Waals surface area contributed by atoms with Crippen molar-refractivity contribution in [3.8, 4) is 5.75 Å². The predicted octanol–water partition coefficient (Wildman–Crippen LogP) is 2.37. The van der Waals surface area contributed by atoms with Crippen LogP contribution in [0.1, 0.15) is 18.0 Å². The van der Waals surface area contributed by atoms with Crippen LogP contribution in [0.2, 0.25) is 0 Å². The molecule has 0 bridgehead atoms. The van der Waals surface area contributed by atoms with Crippen LogP contribution in [-0.4, -0.2) is 33.2 Å². The maximum Gasteiger partial charge on any atom is 0.262 e. The number of hydrogen-bond donors (Lipinski definition) is 2. The lowest BCUT2D eigenvalue weighted by atomic mass is 10.0. The number of nitrogens with one attached hydrogen (secondary N) is 2. The van der Waals surface area contributed by atoms with Gasteiger partial charge in [0.2, 0.25) is 11.9 Å². The van der Waals surface area contributed by atoms with E-state index in [1.807, 2.05) is 12.1 Å². The Morgan fingerprint density at radius 2 is 1.96 bits per heavy atom. The zero-order chi connectivity index (χ0) is 19.5. The van der Waals surface area contributed by atoms with E-state index < -0.39 is 0 Å². The normalized spacial score (nSPS) is 15.5. The monoisotopic (exact) mass is 381 g/mol. The van der Waals surface area contributed by atoms with Crippen LogP contribution in [0.3, 0.4) is 0 Å². The molecule has 1 aromatic heterocycles. The quantitative estimate of drug-likeness (QED) is 0.707. The number of rotatable bonds is 5. The SMILES string of the molecule is O=C(COc1ccc([C@@H]2CC(=O)Nc3ncnn32)cc1)Nc1ccc(F)cc1. The summed E-state index contributed by atoms with van der Waals surface area (Å²) >= 11 is 0. The molecule has 9 heteroatoms. The minimum Gasteiger partial charge on any atom is -0.484 e. The molecule has 0 unspecified atom stereocenters. The Hall–Kier alpha value is -3.75. The van der Waals surface area contributed by atoms with Crippen LogP contribution < -0.4 is 15.4 Å². The van der Waals surface area contributed by atoms with Gasteiger partial charge in [-0.05, 0) is 42.0 Å². The minimum atomic E-state index is -0.372. The standard InChI is InChI=1S/C19H16FN5O3/c20-13-3-5-14(6-4-13)23-18(27)10-28-15-7-1-12(2-8-15)16-9-17(26)24-19-21-11-22-25(16)19/h1-8,11,16H,9-10H2,(H,23,27)(H,21,22,24,26)/t16-/m0/s1. The number of ether oxygens (including phenoxy) is 1. The summed E-state index contributed by atoms with van der Waals surface area (Å²) in [4.78, 5) is 27.8. The smallest absolute Gasteiger partial charge is 0.262 e. The Balaban J connectivity index is 1.37. The van der Waals surface area contributed by atoms with Crippen LogP contribution >= 0.6 is 0 Å². The third kappa shape index (κ3) is 3.83. The molecule has 0 fully saturated rings. The van der Waals surface area contributed by atoms with E-state index in [1.54, 1.807) is 16.8 Å². The van der Waals surface area contributed by atoms with Gasteiger partial charge in [-0.25, -0.2) is 9.07 Å². The van der Waals surface area contributed by atoms with Gasteiger partial charge in [0.15, 0.2) is 6.61 Å². The highest BCUT2D eigenvalue weighted by atomic mass is 19.1. The van der Waals surface area contributed by atoms with Crippen molar-refractivity contribution in [2.75, 3.05) is 17.2 Å². The van der Waals surface area contributed by atoms with Crippen molar-refractivity contribution < 1.29 is 18.7 Å². The number of hydrogen-bond acceptors (Lipinski definition) is 5. The molecule has 0 radical (unpaired) electrons. The second-order valence-electron chi connectivity index (χ2n) is 6.21. The third-order valence-electron chi connectivity index (χ3n) is 4.26. The molecule has 2 N–H and O–H groups in total. The van der Waals surface area contributed by atoms with Gasteiger partial charge in [-0.1, -0.05) is 12.1 Å². The van der Waals surface area contributed by atoms with E-state index in [9.17, 15) is 14.0 Å². The van der Waals surface area contributed by atoms with E-state index >= 15 is 0 Å². The molecule has 28 heavy (non-hydrogen) atoms. The predicted molar refractivity (Wildman–Crippen MR) is 98.4 cm³/mol. The van der Waals surface area contributed by atoms with Gasteiger partial charge in [0, 0.05) is 5.69 Å². The molecule has 2 amide bonds. The number of fused-ring (bicyclic) bond motifs is 1. The summed E-state index contributed by atoms with van der Waals surface area (Å²) in [6, 6.07) is 12.3. The van der Waals surface area contributed by atoms with E-state index in [0.29, 0.717) is 17.4 Å². The first-order valence-corrected chi connectivity index (χ1v) is 8.56. The molecule has 1 atom stereocenters. The third-order valence-corrected chi connectivity index (χ3v) is 4.26. The summed E-state index contributed by atoms with van der Waals surface area (Å²) in [7, 11) is 0. The fraction of sp³-hybridized carbons (Fsp3) is 0.158. The van der Waals surface area contributed by atoms with Crippen LogP contribution in [0.25, 0.3) is 0 Å². The Morgan fingerprint density at radius 3 is 2.71 bits per heavy atom. The number of halogens is 1. The Labute approximate surface area is 159 Å². The fourth-order valence-corrected chi connectivity index (χ4v) is 2.93. The van der Waals surface area contributed by atoms with Gasteiger partial charge in [0.05, 0.1) is 12.5 Å². The number of anilines is 2. The maximum absolute atomic E-state index is 12.9. The Morgan fingerprint density at radius 1 is 1.21 bits per heavy atom. The molecule has 3 aromatic rings. The molecule has 8 nitrogen and oxygen atoms in total. The second-order valence-corrected chi connectivity index (χ2v) is 6.21. The highest BCUT2D eigenvalue weighted by molar-refractivity contribution is 5.92. The first kappa shape index (κ1) is 17.7. The van der Waals surface area contributed by atoms with Crippen molar-refractivity contribution in [1.82, 2.24) is 14.8 Å². The Bertz CT molecular complexity index is 1000. The van der Waals surface area contributed by atoms with Gasteiger partial charge in [0.1, 0.15) is 17.9 Å². The summed E-state index contributed by atoms with van der Waals surface area (Å²) in [5.41, 5.74) is 1.37. The summed E-state index contributed by atoms with van der Waals surface area (Å²) in [5.74, 6) is 0.0779. The van der Waals surface area contributed by atoms with Crippen molar-refractivity contribution >= 4 is 23.5 Å². The van der Waals surface area contributed by atoms with Crippen molar-refractivity contribution in [2.24, 2.45) is 0 Å². The van der Waals surface area contributed by atoms with Crippen LogP contribution in [0.15, 0.2) is 54.9 Å². The van der Waals surface area contributed by atoms with Crippen molar-refractivity contribution in [2.45, 2.75) is 12.5 Å².